The average molecular weight is 415 g/mol. The summed E-state index contributed by atoms with van der Waals surface area (Å²) in [6, 6.07) is 25.3. The number of nitrogens with one attached hydrogen (secondary N) is 1. The van der Waals surface area contributed by atoms with Crippen molar-refractivity contribution in [1.29, 1.82) is 0 Å². The van der Waals surface area contributed by atoms with E-state index in [1.807, 2.05) is 60.7 Å². The van der Waals surface area contributed by atoms with Gasteiger partial charge in [-0.25, -0.2) is 0 Å². The second-order valence-corrected chi connectivity index (χ2v) is 7.82. The van der Waals surface area contributed by atoms with Gasteiger partial charge < -0.3 is 0 Å². The molecular weight excluding hydrogens is 400 g/mol. The molecule has 6 heteroatoms. The number of hydrazone groups is 1. The van der Waals surface area contributed by atoms with Crippen LogP contribution in [0, 0.1) is 0 Å². The van der Waals surface area contributed by atoms with Gasteiger partial charge in [-0.05, 0) is 24.3 Å². The molecule has 0 unspecified atom stereocenters. The molecule has 3 aromatic carbocycles. The Balaban J connectivity index is 1.98. The molecular formula is C19H15BrN2O2S. The Bertz CT molecular complexity index is 929. The number of hydrogen-bond acceptors (Lipinski definition) is 3. The molecule has 0 aromatic heterocycles. The molecule has 3 aromatic rings. The molecule has 0 saturated heterocycles. The predicted molar refractivity (Wildman–Crippen MR) is 103 cm³/mol. The van der Waals surface area contributed by atoms with E-state index in [1.54, 1.807) is 12.1 Å². The molecule has 1 N–H and O–H groups in total. The van der Waals surface area contributed by atoms with Gasteiger partial charge in [-0.3, -0.25) is 0 Å². The summed E-state index contributed by atoms with van der Waals surface area (Å²) >= 11 is 3.29. The molecule has 25 heavy (non-hydrogen) atoms. The lowest BCUT2D eigenvalue weighted by Crippen LogP contribution is -2.21. The molecule has 0 aliphatic rings. The number of sulfonamides is 1. The summed E-state index contributed by atoms with van der Waals surface area (Å²) in [5, 5.41) is 4.20. The van der Waals surface area contributed by atoms with Crippen LogP contribution in [0.1, 0.15) is 11.1 Å². The molecule has 0 heterocycles. The Morgan fingerprint density at radius 3 is 1.72 bits per heavy atom. The van der Waals surface area contributed by atoms with Crippen LogP contribution in [0.2, 0.25) is 0 Å². The van der Waals surface area contributed by atoms with Crippen molar-refractivity contribution in [3.05, 3.63) is 101 Å². The van der Waals surface area contributed by atoms with Crippen LogP contribution in [0.3, 0.4) is 0 Å². The quantitative estimate of drug-likeness (QED) is 0.502. The topological polar surface area (TPSA) is 58.5 Å². The molecule has 126 valence electrons. The van der Waals surface area contributed by atoms with Crippen LogP contribution in [0.4, 0.5) is 0 Å². The molecule has 4 nitrogen and oxygen atoms in total. The van der Waals surface area contributed by atoms with E-state index in [2.05, 4.69) is 25.9 Å². The summed E-state index contributed by atoms with van der Waals surface area (Å²) in [5.74, 6) is 0. The lowest BCUT2D eigenvalue weighted by atomic mass is 10.0. The van der Waals surface area contributed by atoms with E-state index in [0.29, 0.717) is 5.71 Å². The maximum atomic E-state index is 12.5. The Labute approximate surface area is 155 Å². The van der Waals surface area contributed by atoms with Gasteiger partial charge in [-0.2, -0.15) is 18.4 Å². The maximum absolute atomic E-state index is 12.5. The molecule has 0 aliphatic carbocycles. The van der Waals surface area contributed by atoms with E-state index in [-0.39, 0.29) is 4.90 Å². The summed E-state index contributed by atoms with van der Waals surface area (Å²) in [7, 11) is -3.75. The number of rotatable bonds is 5. The highest BCUT2D eigenvalue weighted by Crippen LogP contribution is 2.15. The van der Waals surface area contributed by atoms with Crippen molar-refractivity contribution in [2.24, 2.45) is 5.10 Å². The highest BCUT2D eigenvalue weighted by molar-refractivity contribution is 9.10. The van der Waals surface area contributed by atoms with Crippen LogP contribution < -0.4 is 4.83 Å². The van der Waals surface area contributed by atoms with Crippen molar-refractivity contribution in [3.63, 3.8) is 0 Å². The number of nitrogens with zero attached hydrogens (tertiary/aromatic N) is 1. The summed E-state index contributed by atoms with van der Waals surface area (Å²) in [4.78, 5) is 2.49. The van der Waals surface area contributed by atoms with E-state index < -0.39 is 10.0 Å². The lowest BCUT2D eigenvalue weighted by molar-refractivity contribution is 0.584. The zero-order chi connectivity index (χ0) is 17.7. The van der Waals surface area contributed by atoms with Gasteiger partial charge in [0.25, 0.3) is 10.0 Å². The summed E-state index contributed by atoms with van der Waals surface area (Å²) in [5.41, 5.74) is 2.21. The van der Waals surface area contributed by atoms with Crippen LogP contribution in [0.25, 0.3) is 0 Å². The molecule has 3 rings (SSSR count). The molecule has 0 atom stereocenters. The standard InChI is InChI=1S/C19H15BrN2O2S/c20-17-11-13-18(14-12-17)25(23,24)22-21-19(15-7-3-1-4-8-15)16-9-5-2-6-10-16/h1-14,22H. The first-order valence-corrected chi connectivity index (χ1v) is 9.80. The molecule has 0 amide bonds. The van der Waals surface area contributed by atoms with E-state index in [4.69, 9.17) is 0 Å². The predicted octanol–water partition coefficient (Wildman–Crippen LogP) is 4.18. The summed E-state index contributed by atoms with van der Waals surface area (Å²) in [6.07, 6.45) is 0. The van der Waals surface area contributed by atoms with Crippen molar-refractivity contribution in [2.75, 3.05) is 0 Å². The average Bonchev–Trinajstić information content (AvgIpc) is 2.64. The van der Waals surface area contributed by atoms with Crippen LogP contribution in [0.5, 0.6) is 0 Å². The van der Waals surface area contributed by atoms with Crippen molar-refractivity contribution in [1.82, 2.24) is 4.83 Å². The van der Waals surface area contributed by atoms with E-state index in [9.17, 15) is 8.42 Å². The van der Waals surface area contributed by atoms with Gasteiger partial charge in [0, 0.05) is 15.6 Å². The minimum absolute atomic E-state index is 0.153. The molecule has 0 aliphatic heterocycles. The van der Waals surface area contributed by atoms with Gasteiger partial charge in [0.15, 0.2) is 0 Å². The second-order valence-electron chi connectivity index (χ2n) is 5.24. The van der Waals surface area contributed by atoms with Crippen molar-refractivity contribution in [3.8, 4) is 0 Å². The van der Waals surface area contributed by atoms with Crippen molar-refractivity contribution in [2.45, 2.75) is 4.90 Å². The first-order chi connectivity index (χ1) is 12.1. The maximum Gasteiger partial charge on any atom is 0.276 e. The largest absolute Gasteiger partial charge is 0.276 e. The van der Waals surface area contributed by atoms with E-state index >= 15 is 0 Å². The third-order valence-corrected chi connectivity index (χ3v) is 5.25. The number of halogens is 1. The van der Waals surface area contributed by atoms with Crippen LogP contribution in [-0.4, -0.2) is 14.1 Å². The van der Waals surface area contributed by atoms with Crippen LogP contribution >= 0.6 is 15.9 Å². The van der Waals surface area contributed by atoms with Crippen LogP contribution in [-0.2, 0) is 10.0 Å². The monoisotopic (exact) mass is 414 g/mol. The van der Waals surface area contributed by atoms with Gasteiger partial charge in [-0.1, -0.05) is 76.6 Å². The fraction of sp³-hybridized carbons (Fsp3) is 0. The SMILES string of the molecule is O=S(=O)(NN=C(c1ccccc1)c1ccccc1)c1ccc(Br)cc1. The zero-order valence-corrected chi connectivity index (χ0v) is 15.5. The normalized spacial score (nSPS) is 10.9. The first kappa shape index (κ1) is 17.4. The van der Waals surface area contributed by atoms with Crippen molar-refractivity contribution < 1.29 is 8.42 Å². The summed E-state index contributed by atoms with van der Waals surface area (Å²) < 4.78 is 25.8. The molecule has 0 bridgehead atoms. The van der Waals surface area contributed by atoms with Crippen molar-refractivity contribution >= 4 is 31.7 Å². The molecule has 0 radical (unpaired) electrons. The van der Waals surface area contributed by atoms with Gasteiger partial charge in [0.1, 0.15) is 0 Å². The fourth-order valence-electron chi connectivity index (χ4n) is 2.26. The Morgan fingerprint density at radius 2 is 1.24 bits per heavy atom. The minimum atomic E-state index is -3.75. The highest BCUT2D eigenvalue weighted by Gasteiger charge is 2.14. The van der Waals surface area contributed by atoms with Gasteiger partial charge in [0.2, 0.25) is 0 Å². The van der Waals surface area contributed by atoms with E-state index in [1.165, 1.54) is 12.1 Å². The number of hydrogen-bond donors (Lipinski definition) is 1. The third kappa shape index (κ3) is 4.35. The first-order valence-electron chi connectivity index (χ1n) is 7.52. The Kier molecular flexibility index (Phi) is 5.31. The minimum Gasteiger partial charge on any atom is -0.200 e. The van der Waals surface area contributed by atoms with Gasteiger partial charge >= 0.3 is 0 Å². The third-order valence-electron chi connectivity index (χ3n) is 3.50. The summed E-state index contributed by atoms with van der Waals surface area (Å²) in [6.45, 7) is 0. The van der Waals surface area contributed by atoms with Crippen LogP contribution in [0.15, 0.2) is 99.4 Å². The highest BCUT2D eigenvalue weighted by atomic mass is 79.9. The molecule has 0 saturated carbocycles. The number of benzene rings is 3. The zero-order valence-electron chi connectivity index (χ0n) is 13.1. The van der Waals surface area contributed by atoms with E-state index in [0.717, 1.165) is 15.6 Å². The molecule has 0 spiro atoms. The smallest absolute Gasteiger partial charge is 0.200 e. The Morgan fingerprint density at radius 1 is 0.760 bits per heavy atom. The lowest BCUT2D eigenvalue weighted by Gasteiger charge is -2.09. The fourth-order valence-corrected chi connectivity index (χ4v) is 3.34. The second kappa shape index (κ2) is 7.63. The van der Waals surface area contributed by atoms with Gasteiger partial charge in [0.05, 0.1) is 10.6 Å². The Hall–Kier alpha value is -2.44. The van der Waals surface area contributed by atoms with Gasteiger partial charge in [-0.15, -0.1) is 0 Å². The molecule has 0 fully saturated rings.